The number of hydrogen-bond acceptors (Lipinski definition) is 4. The van der Waals surface area contributed by atoms with Crippen LogP contribution in [0, 0.1) is 0 Å². The lowest BCUT2D eigenvalue weighted by molar-refractivity contribution is 0.670. The molecule has 234 valence electrons. The first-order valence-corrected chi connectivity index (χ1v) is 15.9. The fourth-order valence-electron chi connectivity index (χ4n) is 6.61. The topological polar surface area (TPSA) is 56.7 Å². The van der Waals surface area contributed by atoms with Crippen molar-refractivity contribution in [2.24, 2.45) is 0 Å². The monoisotopic (exact) mass is 650 g/mol. The molecule has 0 N–H and O–H groups in total. The Morgan fingerprint density at radius 1 is 0.460 bits per heavy atom. The standard InChI is InChI=1S/C45H28N4O/c1-4-13-29(14-5-1)34-20-12-21-36-38-28-33(24-26-41(38)50-42(34)36)49-39-22-11-10-19-35(39)37-27-32(23-25-40(37)49)45-47-43(30-15-6-2-7-16-30)46-44(48-45)31-17-8-3-9-18-31/h1-28H/i2D,3D,6D,7D,8D,9D,15D,16D,17D,18D. The predicted molar refractivity (Wildman–Crippen MR) is 203 cm³/mol. The molecule has 50 heavy (non-hydrogen) atoms. The number of aromatic nitrogens is 4. The van der Waals surface area contributed by atoms with Crippen molar-refractivity contribution in [2.45, 2.75) is 0 Å². The molecule has 0 saturated heterocycles. The molecule has 0 unspecified atom stereocenters. The Bertz CT molecular complexity index is 3310. The van der Waals surface area contributed by atoms with Gasteiger partial charge in [0, 0.05) is 49.5 Å². The zero-order chi connectivity index (χ0) is 41.7. The molecule has 0 aliphatic rings. The molecule has 7 aromatic carbocycles. The molecule has 0 aliphatic heterocycles. The average Bonchev–Trinajstić information content (AvgIpc) is 3.82. The van der Waals surface area contributed by atoms with Crippen LogP contribution in [0.1, 0.15) is 13.7 Å². The number of rotatable bonds is 5. The summed E-state index contributed by atoms with van der Waals surface area (Å²) < 4.78 is 92.8. The van der Waals surface area contributed by atoms with Crippen molar-refractivity contribution in [3.63, 3.8) is 0 Å². The molecule has 0 saturated carbocycles. The molecule has 0 fully saturated rings. The van der Waals surface area contributed by atoms with E-state index in [4.69, 9.17) is 18.1 Å². The fraction of sp³-hybridized carbons (Fsp3) is 0. The van der Waals surface area contributed by atoms with Crippen LogP contribution < -0.4 is 0 Å². The molecule has 0 aliphatic carbocycles. The van der Waals surface area contributed by atoms with Gasteiger partial charge in [0.1, 0.15) is 11.2 Å². The molecule has 10 aromatic rings. The van der Waals surface area contributed by atoms with Gasteiger partial charge in [0.25, 0.3) is 0 Å². The molecule has 10 rings (SSSR count). The van der Waals surface area contributed by atoms with Crippen LogP contribution in [0.5, 0.6) is 0 Å². The second kappa shape index (κ2) is 11.4. The maximum atomic E-state index is 8.68. The summed E-state index contributed by atoms with van der Waals surface area (Å²) in [7, 11) is 0. The lowest BCUT2D eigenvalue weighted by atomic mass is 10.0. The second-order valence-corrected chi connectivity index (χ2v) is 11.7. The van der Waals surface area contributed by atoms with Gasteiger partial charge in [-0.2, -0.15) is 0 Å². The Balaban J connectivity index is 1.19. The largest absolute Gasteiger partial charge is 0.455 e. The quantitative estimate of drug-likeness (QED) is 0.186. The van der Waals surface area contributed by atoms with Crippen LogP contribution in [-0.4, -0.2) is 19.5 Å². The van der Waals surface area contributed by atoms with Crippen LogP contribution in [0.3, 0.4) is 0 Å². The summed E-state index contributed by atoms with van der Waals surface area (Å²) in [4.78, 5) is 13.7. The van der Waals surface area contributed by atoms with E-state index in [0.717, 1.165) is 60.6 Å². The normalized spacial score (nSPS) is 14.4. The predicted octanol–water partition coefficient (Wildman–Crippen LogP) is 11.5. The van der Waals surface area contributed by atoms with Gasteiger partial charge >= 0.3 is 0 Å². The zero-order valence-corrected chi connectivity index (χ0v) is 26.1. The van der Waals surface area contributed by atoms with Crippen molar-refractivity contribution in [3.05, 3.63) is 170 Å². The van der Waals surface area contributed by atoms with Crippen molar-refractivity contribution in [1.29, 1.82) is 0 Å². The Labute approximate surface area is 301 Å². The van der Waals surface area contributed by atoms with Gasteiger partial charge in [0.2, 0.25) is 0 Å². The van der Waals surface area contributed by atoms with E-state index in [1.165, 1.54) is 0 Å². The summed E-state index contributed by atoms with van der Waals surface area (Å²) >= 11 is 0. The molecule has 0 radical (unpaired) electrons. The summed E-state index contributed by atoms with van der Waals surface area (Å²) in [6.45, 7) is 0. The van der Waals surface area contributed by atoms with Gasteiger partial charge < -0.3 is 8.98 Å². The van der Waals surface area contributed by atoms with E-state index in [1.54, 1.807) is 6.07 Å². The molecule has 5 nitrogen and oxygen atoms in total. The third-order valence-electron chi connectivity index (χ3n) is 8.84. The van der Waals surface area contributed by atoms with Gasteiger partial charge in [-0.3, -0.25) is 0 Å². The number of furan rings is 1. The Morgan fingerprint density at radius 2 is 1.10 bits per heavy atom. The first kappa shape index (κ1) is 19.8. The maximum Gasteiger partial charge on any atom is 0.164 e. The Hall–Kier alpha value is -6.85. The van der Waals surface area contributed by atoms with Crippen LogP contribution in [0.25, 0.3) is 94.7 Å². The molecule has 3 aromatic heterocycles. The van der Waals surface area contributed by atoms with E-state index in [1.807, 2.05) is 72.8 Å². The van der Waals surface area contributed by atoms with Crippen LogP contribution >= 0.6 is 0 Å². The van der Waals surface area contributed by atoms with Crippen molar-refractivity contribution in [2.75, 3.05) is 0 Å². The third-order valence-corrected chi connectivity index (χ3v) is 8.84. The maximum absolute atomic E-state index is 8.68. The molecule has 5 heteroatoms. The average molecular weight is 651 g/mol. The highest BCUT2D eigenvalue weighted by molar-refractivity contribution is 6.12. The minimum absolute atomic E-state index is 0.00661. The smallest absolute Gasteiger partial charge is 0.164 e. The molecule has 3 heterocycles. The number of fused-ring (bicyclic) bond motifs is 6. The second-order valence-electron chi connectivity index (χ2n) is 11.7. The highest BCUT2D eigenvalue weighted by Crippen LogP contribution is 2.39. The highest BCUT2D eigenvalue weighted by atomic mass is 16.3. The Morgan fingerprint density at radius 3 is 1.84 bits per heavy atom. The van der Waals surface area contributed by atoms with Crippen LogP contribution in [0.15, 0.2) is 174 Å². The van der Waals surface area contributed by atoms with Gasteiger partial charge in [0.05, 0.1) is 24.7 Å². The van der Waals surface area contributed by atoms with Gasteiger partial charge in [0.15, 0.2) is 17.5 Å². The Kier molecular flexibility index (Phi) is 4.52. The lowest BCUT2D eigenvalue weighted by Crippen LogP contribution is -2.00. The summed E-state index contributed by atoms with van der Waals surface area (Å²) in [5.41, 5.74) is 6.05. The van der Waals surface area contributed by atoms with E-state index in [0.29, 0.717) is 5.56 Å². The first-order valence-electron chi connectivity index (χ1n) is 20.9. The number of nitrogens with zero attached hydrogens (tertiary/aromatic N) is 4. The van der Waals surface area contributed by atoms with E-state index in [-0.39, 0.29) is 28.6 Å². The third kappa shape index (κ3) is 4.60. The molecule has 0 amide bonds. The van der Waals surface area contributed by atoms with Crippen molar-refractivity contribution in [1.82, 2.24) is 19.5 Å². The van der Waals surface area contributed by atoms with Crippen LogP contribution in [0.2, 0.25) is 0 Å². The molecule has 0 spiro atoms. The molecular weight excluding hydrogens is 613 g/mol. The SMILES string of the molecule is [2H]c1c([2H])c([2H])c(-c2nc(-c3ccc4c(c3)c3ccccc3n4-c3ccc4oc5c(-c6ccccc6)cccc5c4c3)nc(-c3c([2H])c([2H])c([2H])c([2H])c3[2H])n2)c([2H])c1[2H]. The minimum Gasteiger partial charge on any atom is -0.455 e. The van der Waals surface area contributed by atoms with E-state index in [9.17, 15) is 0 Å². The summed E-state index contributed by atoms with van der Waals surface area (Å²) in [5, 5.41) is 3.66. The molecular formula is C45H28N4O. The summed E-state index contributed by atoms with van der Waals surface area (Å²) in [5.74, 6) is -0.650. The summed E-state index contributed by atoms with van der Waals surface area (Å²) in [6, 6.07) is 29.9. The van der Waals surface area contributed by atoms with E-state index in [2.05, 4.69) is 49.9 Å². The lowest BCUT2D eigenvalue weighted by Gasteiger charge is -2.10. The number of hydrogen-bond donors (Lipinski definition) is 0. The molecule has 0 bridgehead atoms. The van der Waals surface area contributed by atoms with E-state index < -0.39 is 60.4 Å². The molecule has 0 atom stereocenters. The van der Waals surface area contributed by atoms with Gasteiger partial charge in [-0.1, -0.05) is 127 Å². The van der Waals surface area contributed by atoms with Gasteiger partial charge in [-0.25, -0.2) is 15.0 Å². The fourth-order valence-corrected chi connectivity index (χ4v) is 6.61. The van der Waals surface area contributed by atoms with Crippen LogP contribution in [-0.2, 0) is 0 Å². The number of para-hydroxylation sites is 2. The minimum atomic E-state index is -0.607. The first-order chi connectivity index (χ1) is 28.9. The van der Waals surface area contributed by atoms with Gasteiger partial charge in [-0.05, 0) is 48.0 Å². The summed E-state index contributed by atoms with van der Waals surface area (Å²) in [6.07, 6.45) is 0. The van der Waals surface area contributed by atoms with E-state index >= 15 is 0 Å². The van der Waals surface area contributed by atoms with Gasteiger partial charge in [-0.15, -0.1) is 0 Å². The highest BCUT2D eigenvalue weighted by Gasteiger charge is 2.18. The van der Waals surface area contributed by atoms with Crippen LogP contribution in [0.4, 0.5) is 0 Å². The van der Waals surface area contributed by atoms with Crippen molar-refractivity contribution >= 4 is 43.7 Å². The van der Waals surface area contributed by atoms with Crippen molar-refractivity contribution < 1.29 is 18.1 Å². The van der Waals surface area contributed by atoms with Crippen molar-refractivity contribution in [3.8, 4) is 51.0 Å². The zero-order valence-electron chi connectivity index (χ0n) is 36.1. The number of benzene rings is 7.